The number of nitrogens with one attached hydrogen (secondary N) is 2. The smallest absolute Gasteiger partial charge is 0.224 e. The molecule has 0 saturated carbocycles. The Kier molecular flexibility index (Phi) is 19.4. The second-order valence-electron chi connectivity index (χ2n) is 20.0. The highest BCUT2D eigenvalue weighted by Gasteiger charge is 2.30. The monoisotopic (exact) mass is 909 g/mol. The third kappa shape index (κ3) is 13.8. The Hall–Kier alpha value is -3.88. The molecule has 0 aliphatic rings. The number of unbranched alkanes of at least 4 members (excludes halogenated alkanes) is 4. The molecule has 0 aromatic heterocycles. The fraction of sp³-hybridized carbons (Fsp3) is 0.536. The minimum absolute atomic E-state index is 0.00358. The van der Waals surface area contributed by atoms with Gasteiger partial charge in [-0.1, -0.05) is 159 Å². The average molecular weight is 909 g/mol. The van der Waals surface area contributed by atoms with Crippen molar-refractivity contribution in [1.29, 1.82) is 0 Å². The summed E-state index contributed by atoms with van der Waals surface area (Å²) in [5.74, 6) is 2.70. The van der Waals surface area contributed by atoms with Crippen LogP contribution in [0.5, 0.6) is 23.0 Å². The van der Waals surface area contributed by atoms with Gasteiger partial charge in [0.05, 0.1) is 21.2 Å². The number of carbonyl (C=O) groups excluding carboxylic acids is 2. The first-order valence-corrected chi connectivity index (χ1v) is 26.3. The number of ether oxygens (including phenoxy) is 2. The maximum Gasteiger partial charge on any atom is 0.224 e. The lowest BCUT2D eigenvalue weighted by Crippen LogP contribution is -2.21. The first-order chi connectivity index (χ1) is 30.3. The second kappa shape index (κ2) is 23.5. The zero-order chi connectivity index (χ0) is 47.3. The standard InChI is InChI=1S/C56H80N2O4S2/c1-15-21-23-31-49(59)57-43-27-25-29-47(51(43)61-45-35-33-39(53(7,8)17-3)37-41(45)55(11,12)19-5)63-64-48-30-26-28-44(58-50(60)32-24-22-16-2)52(48)62-46-36-34-40(54(9,10)18-4)38-42(46)56(13,14)20-6/h25-30,33-38H,15-24,31-32H2,1-14H3,(H,57,59)(H,58,60). The zero-order valence-corrected chi connectivity index (χ0v) is 43.5. The molecule has 6 nitrogen and oxygen atoms in total. The van der Waals surface area contributed by atoms with Crippen LogP contribution in [-0.4, -0.2) is 11.8 Å². The van der Waals surface area contributed by atoms with E-state index in [0.29, 0.717) is 35.7 Å². The summed E-state index contributed by atoms with van der Waals surface area (Å²) in [6, 6.07) is 25.2. The Morgan fingerprint density at radius 2 is 0.844 bits per heavy atom. The van der Waals surface area contributed by atoms with E-state index in [0.717, 1.165) is 96.6 Å². The van der Waals surface area contributed by atoms with Crippen LogP contribution in [-0.2, 0) is 31.2 Å². The summed E-state index contributed by atoms with van der Waals surface area (Å²) in [4.78, 5) is 28.6. The molecule has 4 aromatic carbocycles. The number of rotatable bonds is 25. The Balaban J connectivity index is 1.87. The van der Waals surface area contributed by atoms with E-state index in [1.165, 1.54) is 11.1 Å². The van der Waals surface area contributed by atoms with Gasteiger partial charge in [-0.25, -0.2) is 0 Å². The molecule has 0 heterocycles. The summed E-state index contributed by atoms with van der Waals surface area (Å²) in [5, 5.41) is 6.45. The maximum atomic E-state index is 13.5. The van der Waals surface area contributed by atoms with E-state index >= 15 is 0 Å². The van der Waals surface area contributed by atoms with Crippen LogP contribution in [0.4, 0.5) is 11.4 Å². The summed E-state index contributed by atoms with van der Waals surface area (Å²) >= 11 is 0. The van der Waals surface area contributed by atoms with E-state index in [4.69, 9.17) is 9.47 Å². The fourth-order valence-corrected chi connectivity index (χ4v) is 9.53. The molecule has 350 valence electrons. The topological polar surface area (TPSA) is 76.7 Å². The number of anilines is 2. The summed E-state index contributed by atoms with van der Waals surface area (Å²) < 4.78 is 14.2. The van der Waals surface area contributed by atoms with Gasteiger partial charge in [0.2, 0.25) is 11.8 Å². The lowest BCUT2D eigenvalue weighted by molar-refractivity contribution is -0.117. The molecule has 4 aromatic rings. The van der Waals surface area contributed by atoms with Crippen molar-refractivity contribution in [2.45, 2.75) is 205 Å². The predicted octanol–water partition coefficient (Wildman–Crippen LogP) is 17.9. The number of hydrogen-bond acceptors (Lipinski definition) is 6. The number of para-hydroxylation sites is 2. The van der Waals surface area contributed by atoms with Crippen molar-refractivity contribution < 1.29 is 19.1 Å². The van der Waals surface area contributed by atoms with Crippen LogP contribution in [0.15, 0.2) is 82.6 Å². The van der Waals surface area contributed by atoms with Crippen LogP contribution < -0.4 is 20.1 Å². The van der Waals surface area contributed by atoms with Gasteiger partial charge in [-0.3, -0.25) is 9.59 Å². The third-order valence-electron chi connectivity index (χ3n) is 13.7. The molecule has 2 N–H and O–H groups in total. The van der Waals surface area contributed by atoms with Gasteiger partial charge in [0.1, 0.15) is 11.5 Å². The van der Waals surface area contributed by atoms with Crippen LogP contribution in [0.25, 0.3) is 0 Å². The Morgan fingerprint density at radius 3 is 1.17 bits per heavy atom. The number of hydrogen-bond donors (Lipinski definition) is 2. The van der Waals surface area contributed by atoms with Gasteiger partial charge in [-0.05, 0) is 129 Å². The van der Waals surface area contributed by atoms with Gasteiger partial charge in [-0.2, -0.15) is 0 Å². The number of benzene rings is 4. The van der Waals surface area contributed by atoms with Gasteiger partial charge in [-0.15, -0.1) is 0 Å². The molecular weight excluding hydrogens is 829 g/mol. The van der Waals surface area contributed by atoms with Crippen molar-refractivity contribution in [1.82, 2.24) is 0 Å². The molecule has 0 aliphatic heterocycles. The van der Waals surface area contributed by atoms with Crippen molar-refractivity contribution in [3.8, 4) is 23.0 Å². The first kappa shape index (κ1) is 52.7. The third-order valence-corrected chi connectivity index (χ3v) is 16.1. The molecule has 0 atom stereocenters. The highest BCUT2D eigenvalue weighted by atomic mass is 33.1. The van der Waals surface area contributed by atoms with Crippen molar-refractivity contribution in [3.05, 3.63) is 95.1 Å². The Morgan fingerprint density at radius 1 is 0.484 bits per heavy atom. The largest absolute Gasteiger partial charge is 0.454 e. The van der Waals surface area contributed by atoms with Crippen molar-refractivity contribution in [2.75, 3.05) is 10.6 Å². The van der Waals surface area contributed by atoms with Crippen LogP contribution in [0.3, 0.4) is 0 Å². The zero-order valence-electron chi connectivity index (χ0n) is 41.9. The molecule has 0 unspecified atom stereocenters. The molecule has 2 amide bonds. The van der Waals surface area contributed by atoms with E-state index in [1.807, 2.05) is 24.3 Å². The van der Waals surface area contributed by atoms with Gasteiger partial charge >= 0.3 is 0 Å². The Bertz CT molecular complexity index is 2020. The predicted molar refractivity (Wildman–Crippen MR) is 276 cm³/mol. The highest BCUT2D eigenvalue weighted by Crippen LogP contribution is 2.52. The number of carbonyl (C=O) groups is 2. The lowest BCUT2D eigenvalue weighted by Gasteiger charge is -2.31. The molecular formula is C56H80N2O4S2. The van der Waals surface area contributed by atoms with Gasteiger partial charge in [0.15, 0.2) is 11.5 Å². The highest BCUT2D eigenvalue weighted by molar-refractivity contribution is 8.76. The van der Waals surface area contributed by atoms with E-state index < -0.39 is 0 Å². The van der Waals surface area contributed by atoms with Crippen LogP contribution in [0.1, 0.15) is 196 Å². The van der Waals surface area contributed by atoms with E-state index in [1.54, 1.807) is 21.6 Å². The lowest BCUT2D eigenvalue weighted by atomic mass is 9.76. The van der Waals surface area contributed by atoms with E-state index in [-0.39, 0.29) is 33.5 Å². The molecule has 8 heteroatoms. The van der Waals surface area contributed by atoms with Gasteiger partial charge in [0, 0.05) is 24.0 Å². The second-order valence-corrected chi connectivity index (χ2v) is 22.2. The van der Waals surface area contributed by atoms with Crippen LogP contribution in [0.2, 0.25) is 0 Å². The van der Waals surface area contributed by atoms with Crippen molar-refractivity contribution in [3.63, 3.8) is 0 Å². The van der Waals surface area contributed by atoms with Crippen LogP contribution in [0, 0.1) is 0 Å². The maximum absolute atomic E-state index is 13.5. The molecule has 0 bridgehead atoms. The van der Waals surface area contributed by atoms with Gasteiger partial charge in [0.25, 0.3) is 0 Å². The molecule has 0 spiro atoms. The quantitative estimate of drug-likeness (QED) is 0.0510. The van der Waals surface area contributed by atoms with Gasteiger partial charge < -0.3 is 20.1 Å². The molecule has 64 heavy (non-hydrogen) atoms. The molecule has 0 aliphatic carbocycles. The van der Waals surface area contributed by atoms with E-state index in [2.05, 4.69) is 156 Å². The normalized spacial score (nSPS) is 12.3. The molecule has 4 rings (SSSR count). The molecule has 0 saturated heterocycles. The van der Waals surface area contributed by atoms with E-state index in [9.17, 15) is 9.59 Å². The SMILES string of the molecule is CCCCCC(=O)Nc1cccc(SSc2cccc(NC(=O)CCCCC)c2Oc2ccc(C(C)(C)CC)cc2C(C)(C)CC)c1Oc1ccc(C(C)(C)CC)cc1C(C)(C)CC. The summed E-state index contributed by atoms with van der Waals surface area (Å²) in [6.07, 6.45) is 10.5. The molecule has 0 radical (unpaired) electrons. The summed E-state index contributed by atoms with van der Waals surface area (Å²) in [5.41, 5.74) is 5.78. The Labute approximate surface area is 396 Å². The van der Waals surface area contributed by atoms with Crippen molar-refractivity contribution in [2.24, 2.45) is 0 Å². The minimum atomic E-state index is -0.168. The fourth-order valence-electron chi connectivity index (χ4n) is 7.30. The summed E-state index contributed by atoms with van der Waals surface area (Å²) in [6.45, 7) is 31.4. The first-order valence-electron chi connectivity index (χ1n) is 24.1. The average Bonchev–Trinajstić information content (AvgIpc) is 3.27. The van der Waals surface area contributed by atoms with Crippen molar-refractivity contribution >= 4 is 44.8 Å². The minimum Gasteiger partial charge on any atom is -0.454 e. The molecule has 0 fully saturated rings. The summed E-state index contributed by atoms with van der Waals surface area (Å²) in [7, 11) is 3.10. The van der Waals surface area contributed by atoms with Crippen LogP contribution >= 0.6 is 21.6 Å². The number of amides is 2.